The molecule has 0 aromatic heterocycles. The summed E-state index contributed by atoms with van der Waals surface area (Å²) in [5.74, 6) is 1.05. The molecule has 0 bridgehead atoms. The summed E-state index contributed by atoms with van der Waals surface area (Å²) in [5.41, 5.74) is 1.17. The van der Waals surface area contributed by atoms with Gasteiger partial charge in [0.15, 0.2) is 0 Å². The van der Waals surface area contributed by atoms with E-state index in [0.29, 0.717) is 0 Å². The minimum absolute atomic E-state index is 0.0133. The molecule has 4 heteroatoms. The van der Waals surface area contributed by atoms with E-state index >= 15 is 0 Å². The van der Waals surface area contributed by atoms with E-state index in [2.05, 4.69) is 27.5 Å². The van der Waals surface area contributed by atoms with E-state index in [9.17, 15) is 0 Å². The van der Waals surface area contributed by atoms with Crippen molar-refractivity contribution in [1.29, 1.82) is 0 Å². The van der Waals surface area contributed by atoms with Gasteiger partial charge < -0.3 is 0 Å². The van der Waals surface area contributed by atoms with Crippen LogP contribution in [-0.4, -0.2) is 21.9 Å². The summed E-state index contributed by atoms with van der Waals surface area (Å²) in [4.78, 5) is 8.58. The van der Waals surface area contributed by atoms with Gasteiger partial charge in [0.05, 0.1) is 5.70 Å². The third kappa shape index (κ3) is 0.696. The number of nitrogens with zero attached hydrogens (tertiary/aromatic N) is 2. The van der Waals surface area contributed by atoms with Crippen LogP contribution >= 0.6 is 23.5 Å². The van der Waals surface area contributed by atoms with E-state index in [1.54, 1.807) is 18.1 Å². The predicted molar refractivity (Wildman–Crippen MR) is 55.9 cm³/mol. The predicted octanol–water partition coefficient (Wildman–Crippen LogP) is 2.06. The lowest BCUT2D eigenvalue weighted by molar-refractivity contribution is 1.08. The number of aliphatic imine (C=N–C) groups is 2. The SMILES string of the molecule is C1=CC23SCC=C2N=CN=C3S1. The zero-order valence-electron chi connectivity index (χ0n) is 6.23. The Kier molecular flexibility index (Phi) is 1.32. The number of hydrogen-bond donors (Lipinski definition) is 0. The van der Waals surface area contributed by atoms with E-state index in [-0.39, 0.29) is 4.75 Å². The molecule has 0 saturated carbocycles. The molecule has 12 heavy (non-hydrogen) atoms. The quantitative estimate of drug-likeness (QED) is 0.589. The Morgan fingerprint density at radius 2 is 2.50 bits per heavy atom. The molecule has 0 N–H and O–H groups in total. The molecule has 0 aromatic rings. The molecule has 2 nitrogen and oxygen atoms in total. The molecular formula is C8H6N2S2. The fraction of sp³-hybridized carbons (Fsp3) is 0.250. The van der Waals surface area contributed by atoms with Gasteiger partial charge >= 0.3 is 0 Å². The Hall–Kier alpha value is -0.480. The highest BCUT2D eigenvalue weighted by Gasteiger charge is 2.45. The first-order chi connectivity index (χ1) is 5.92. The smallest absolute Gasteiger partial charge is 0.125 e. The van der Waals surface area contributed by atoms with Gasteiger partial charge in [0.1, 0.15) is 16.1 Å². The minimum Gasteiger partial charge on any atom is -0.239 e. The van der Waals surface area contributed by atoms with Gasteiger partial charge in [-0.15, -0.1) is 11.8 Å². The van der Waals surface area contributed by atoms with Crippen LogP contribution in [0.25, 0.3) is 0 Å². The highest BCUT2D eigenvalue weighted by Crippen LogP contribution is 2.49. The van der Waals surface area contributed by atoms with Crippen molar-refractivity contribution < 1.29 is 0 Å². The first-order valence-electron chi connectivity index (χ1n) is 3.72. The topological polar surface area (TPSA) is 24.7 Å². The summed E-state index contributed by atoms with van der Waals surface area (Å²) >= 11 is 3.61. The Morgan fingerprint density at radius 1 is 1.50 bits per heavy atom. The summed E-state index contributed by atoms with van der Waals surface area (Å²) in [6, 6.07) is 0. The van der Waals surface area contributed by atoms with E-state index < -0.39 is 0 Å². The van der Waals surface area contributed by atoms with Crippen LogP contribution in [0, 0.1) is 0 Å². The summed E-state index contributed by atoms with van der Waals surface area (Å²) in [6.07, 6.45) is 6.05. The molecule has 0 fully saturated rings. The van der Waals surface area contributed by atoms with Gasteiger partial charge in [-0.05, 0) is 11.5 Å². The average Bonchev–Trinajstić information content (AvgIpc) is 2.63. The second kappa shape index (κ2) is 2.26. The molecule has 1 atom stereocenters. The van der Waals surface area contributed by atoms with Gasteiger partial charge in [-0.1, -0.05) is 17.8 Å². The molecule has 3 aliphatic heterocycles. The zero-order chi connectivity index (χ0) is 8.02. The van der Waals surface area contributed by atoms with Crippen LogP contribution in [0.1, 0.15) is 0 Å². The lowest BCUT2D eigenvalue weighted by Crippen LogP contribution is -2.29. The summed E-state index contributed by atoms with van der Waals surface area (Å²) in [7, 11) is 0. The third-order valence-electron chi connectivity index (χ3n) is 2.14. The maximum absolute atomic E-state index is 4.29. The molecule has 1 spiro atoms. The fourth-order valence-electron chi connectivity index (χ4n) is 1.55. The Balaban J connectivity index is 2.22. The van der Waals surface area contributed by atoms with Crippen molar-refractivity contribution in [1.82, 2.24) is 0 Å². The molecule has 0 radical (unpaired) electrons. The van der Waals surface area contributed by atoms with Crippen LogP contribution in [0.3, 0.4) is 0 Å². The van der Waals surface area contributed by atoms with Gasteiger partial charge in [0.2, 0.25) is 0 Å². The Bertz CT molecular complexity index is 354. The second-order valence-corrected chi connectivity index (χ2v) is 4.90. The van der Waals surface area contributed by atoms with Crippen molar-refractivity contribution in [2.75, 3.05) is 5.75 Å². The molecule has 3 rings (SSSR count). The molecular weight excluding hydrogens is 188 g/mol. The van der Waals surface area contributed by atoms with Gasteiger partial charge in [-0.3, -0.25) is 0 Å². The maximum atomic E-state index is 4.29. The lowest BCUT2D eigenvalue weighted by atomic mass is 10.1. The van der Waals surface area contributed by atoms with Gasteiger partial charge in [0, 0.05) is 5.75 Å². The van der Waals surface area contributed by atoms with Crippen molar-refractivity contribution in [2.24, 2.45) is 9.98 Å². The van der Waals surface area contributed by atoms with Crippen LogP contribution in [-0.2, 0) is 0 Å². The average molecular weight is 194 g/mol. The van der Waals surface area contributed by atoms with Crippen LogP contribution in [0.4, 0.5) is 0 Å². The summed E-state index contributed by atoms with van der Waals surface area (Å²) in [6.45, 7) is 0. The first kappa shape index (κ1) is 6.97. The summed E-state index contributed by atoms with van der Waals surface area (Å²) in [5, 5.41) is 3.28. The highest BCUT2D eigenvalue weighted by atomic mass is 32.2. The molecule has 0 aromatic carbocycles. The molecule has 0 saturated heterocycles. The first-order valence-corrected chi connectivity index (χ1v) is 5.58. The summed E-state index contributed by atoms with van der Waals surface area (Å²) < 4.78 is 0.0133. The van der Waals surface area contributed by atoms with Gasteiger partial charge in [-0.2, -0.15) is 0 Å². The fourth-order valence-corrected chi connectivity index (χ4v) is 3.95. The Labute approximate surface area is 78.9 Å². The van der Waals surface area contributed by atoms with E-state index in [0.717, 1.165) is 5.75 Å². The second-order valence-electron chi connectivity index (χ2n) is 2.74. The largest absolute Gasteiger partial charge is 0.239 e. The molecule has 3 heterocycles. The van der Waals surface area contributed by atoms with Gasteiger partial charge in [0.25, 0.3) is 0 Å². The van der Waals surface area contributed by atoms with Crippen LogP contribution in [0.5, 0.6) is 0 Å². The minimum atomic E-state index is 0.0133. The standard InChI is InChI=1S/C8H6N2S2/c1-3-12-8-2-4-11-7(8)10-5-9-6(1)8/h1-2,4-5H,3H2. The van der Waals surface area contributed by atoms with E-state index in [1.165, 1.54) is 10.7 Å². The van der Waals surface area contributed by atoms with Crippen LogP contribution < -0.4 is 0 Å². The van der Waals surface area contributed by atoms with E-state index in [1.807, 2.05) is 11.8 Å². The van der Waals surface area contributed by atoms with Crippen molar-refractivity contribution in [2.45, 2.75) is 4.75 Å². The van der Waals surface area contributed by atoms with E-state index in [4.69, 9.17) is 0 Å². The van der Waals surface area contributed by atoms with Crippen LogP contribution in [0.15, 0.2) is 33.2 Å². The highest BCUT2D eigenvalue weighted by molar-refractivity contribution is 8.19. The molecule has 3 aliphatic rings. The van der Waals surface area contributed by atoms with Crippen molar-refractivity contribution >= 4 is 34.9 Å². The maximum Gasteiger partial charge on any atom is 0.125 e. The third-order valence-corrected chi connectivity index (χ3v) is 4.52. The Morgan fingerprint density at radius 3 is 3.50 bits per heavy atom. The molecule has 1 unspecified atom stereocenters. The van der Waals surface area contributed by atoms with Crippen LogP contribution in [0.2, 0.25) is 0 Å². The molecule has 0 aliphatic carbocycles. The lowest BCUT2D eigenvalue weighted by Gasteiger charge is -2.24. The van der Waals surface area contributed by atoms with Gasteiger partial charge in [-0.25, -0.2) is 9.98 Å². The monoisotopic (exact) mass is 194 g/mol. The van der Waals surface area contributed by atoms with Crippen molar-refractivity contribution in [3.8, 4) is 0 Å². The van der Waals surface area contributed by atoms with Crippen molar-refractivity contribution in [3.63, 3.8) is 0 Å². The zero-order valence-corrected chi connectivity index (χ0v) is 7.86. The number of rotatable bonds is 0. The molecule has 60 valence electrons. The normalized spacial score (nSPS) is 36.0. The number of hydrogen-bond acceptors (Lipinski definition) is 4. The van der Waals surface area contributed by atoms with Crippen molar-refractivity contribution in [3.05, 3.63) is 23.3 Å². The number of thioether (sulfide) groups is 2. The molecule has 0 amide bonds.